The van der Waals surface area contributed by atoms with Gasteiger partial charge in [0.2, 0.25) is 5.91 Å². The first kappa shape index (κ1) is 16.6. The van der Waals surface area contributed by atoms with E-state index in [2.05, 4.69) is 5.32 Å². The summed E-state index contributed by atoms with van der Waals surface area (Å²) >= 11 is 0. The second-order valence-corrected chi connectivity index (χ2v) is 6.98. The smallest absolute Gasteiger partial charge is 0.324 e. The number of para-hydroxylation sites is 2. The Hall–Kier alpha value is -2.82. The van der Waals surface area contributed by atoms with Crippen LogP contribution in [-0.4, -0.2) is 29.9 Å². The van der Waals surface area contributed by atoms with E-state index in [0.29, 0.717) is 13.1 Å². The molecule has 2 fully saturated rings. The number of carbonyl (C=O) groups is 2. The van der Waals surface area contributed by atoms with E-state index < -0.39 is 0 Å². The van der Waals surface area contributed by atoms with Gasteiger partial charge in [-0.3, -0.25) is 9.69 Å². The Bertz CT molecular complexity index is 802. The average Bonchev–Trinajstić information content (AvgIpc) is 3.50. The summed E-state index contributed by atoms with van der Waals surface area (Å²) in [6, 6.07) is 17.6. The van der Waals surface area contributed by atoms with Crippen molar-refractivity contribution in [2.24, 2.45) is 5.92 Å². The van der Waals surface area contributed by atoms with Crippen LogP contribution < -0.4 is 10.2 Å². The van der Waals surface area contributed by atoms with Crippen molar-refractivity contribution in [3.05, 3.63) is 60.2 Å². The SMILES string of the molecule is O=C(Nc1ccccc1N1CCCN(Cc2ccccc2)C1=O)C1CC1. The maximum absolute atomic E-state index is 13.1. The number of hydrogen-bond acceptors (Lipinski definition) is 2. The topological polar surface area (TPSA) is 52.7 Å². The summed E-state index contributed by atoms with van der Waals surface area (Å²) in [5.74, 6) is 0.192. The van der Waals surface area contributed by atoms with Crippen molar-refractivity contribution in [2.45, 2.75) is 25.8 Å². The number of benzene rings is 2. The Labute approximate surface area is 153 Å². The maximum Gasteiger partial charge on any atom is 0.324 e. The van der Waals surface area contributed by atoms with Crippen LogP contribution in [0, 0.1) is 5.92 Å². The molecule has 2 aliphatic rings. The molecule has 2 aromatic rings. The molecule has 134 valence electrons. The minimum atomic E-state index is -0.00627. The lowest BCUT2D eigenvalue weighted by atomic mass is 10.1. The zero-order valence-electron chi connectivity index (χ0n) is 14.7. The number of nitrogens with zero attached hydrogens (tertiary/aromatic N) is 2. The molecule has 1 aliphatic carbocycles. The largest absolute Gasteiger partial charge is 0.324 e. The summed E-state index contributed by atoms with van der Waals surface area (Å²) in [5.41, 5.74) is 2.63. The van der Waals surface area contributed by atoms with Crippen LogP contribution in [0.2, 0.25) is 0 Å². The van der Waals surface area contributed by atoms with Crippen LogP contribution in [0.25, 0.3) is 0 Å². The van der Waals surface area contributed by atoms with Crippen molar-refractivity contribution < 1.29 is 9.59 Å². The first-order valence-corrected chi connectivity index (χ1v) is 9.22. The summed E-state index contributed by atoms with van der Waals surface area (Å²) in [7, 11) is 0. The second kappa shape index (κ2) is 7.20. The van der Waals surface area contributed by atoms with Gasteiger partial charge in [0.25, 0.3) is 0 Å². The van der Waals surface area contributed by atoms with Crippen molar-refractivity contribution in [3.8, 4) is 0 Å². The molecule has 3 amide bonds. The van der Waals surface area contributed by atoms with Crippen molar-refractivity contribution in [1.29, 1.82) is 0 Å². The number of nitrogens with one attached hydrogen (secondary N) is 1. The van der Waals surface area contributed by atoms with Gasteiger partial charge >= 0.3 is 6.03 Å². The Kier molecular flexibility index (Phi) is 4.61. The fraction of sp³-hybridized carbons (Fsp3) is 0.333. The van der Waals surface area contributed by atoms with Crippen LogP contribution in [0.3, 0.4) is 0 Å². The highest BCUT2D eigenvalue weighted by molar-refractivity contribution is 6.01. The number of hydrogen-bond donors (Lipinski definition) is 1. The molecule has 0 unspecified atom stereocenters. The molecule has 1 saturated carbocycles. The third-order valence-electron chi connectivity index (χ3n) is 4.93. The second-order valence-electron chi connectivity index (χ2n) is 6.98. The molecule has 5 heteroatoms. The summed E-state index contributed by atoms with van der Waals surface area (Å²) in [4.78, 5) is 28.9. The lowest BCUT2D eigenvalue weighted by molar-refractivity contribution is -0.117. The van der Waals surface area contributed by atoms with Crippen LogP contribution in [0.15, 0.2) is 54.6 Å². The van der Waals surface area contributed by atoms with E-state index in [0.717, 1.165) is 42.7 Å². The third-order valence-corrected chi connectivity index (χ3v) is 4.93. The number of amides is 3. The predicted octanol–water partition coefficient (Wildman–Crippen LogP) is 3.87. The molecule has 5 nitrogen and oxygen atoms in total. The van der Waals surface area contributed by atoms with Gasteiger partial charge in [-0.05, 0) is 37.0 Å². The molecule has 1 heterocycles. The zero-order chi connectivity index (χ0) is 17.9. The van der Waals surface area contributed by atoms with Crippen molar-refractivity contribution in [1.82, 2.24) is 4.90 Å². The highest BCUT2D eigenvalue weighted by Crippen LogP contribution is 2.33. The molecule has 0 radical (unpaired) electrons. The summed E-state index contributed by atoms with van der Waals surface area (Å²) < 4.78 is 0. The quantitative estimate of drug-likeness (QED) is 0.891. The molecule has 0 aromatic heterocycles. The monoisotopic (exact) mass is 349 g/mol. The predicted molar refractivity (Wildman–Crippen MR) is 102 cm³/mol. The standard InChI is InChI=1S/C21H23N3O2/c25-20(17-11-12-17)22-18-9-4-5-10-19(18)24-14-6-13-23(21(24)26)15-16-7-2-1-3-8-16/h1-5,7-10,17H,6,11-15H2,(H,22,25). The number of carbonyl (C=O) groups excluding carboxylic acids is 2. The molecule has 26 heavy (non-hydrogen) atoms. The van der Waals surface area contributed by atoms with Gasteiger partial charge in [0.05, 0.1) is 11.4 Å². The molecule has 0 spiro atoms. The molecular weight excluding hydrogens is 326 g/mol. The van der Waals surface area contributed by atoms with E-state index in [-0.39, 0.29) is 17.9 Å². The maximum atomic E-state index is 13.1. The number of urea groups is 1. The van der Waals surface area contributed by atoms with Gasteiger partial charge in [-0.15, -0.1) is 0 Å². The lowest BCUT2D eigenvalue weighted by Gasteiger charge is -2.36. The minimum Gasteiger partial charge on any atom is -0.324 e. The van der Waals surface area contributed by atoms with Gasteiger partial charge in [0, 0.05) is 25.6 Å². The van der Waals surface area contributed by atoms with E-state index in [1.807, 2.05) is 59.5 Å². The van der Waals surface area contributed by atoms with E-state index >= 15 is 0 Å². The summed E-state index contributed by atoms with van der Waals surface area (Å²) in [5, 5.41) is 3.00. The summed E-state index contributed by atoms with van der Waals surface area (Å²) in [6.45, 7) is 2.02. The first-order valence-electron chi connectivity index (χ1n) is 9.22. The van der Waals surface area contributed by atoms with Gasteiger partial charge in [-0.25, -0.2) is 4.79 Å². The van der Waals surface area contributed by atoms with Crippen molar-refractivity contribution in [3.63, 3.8) is 0 Å². The fourth-order valence-electron chi connectivity index (χ4n) is 3.35. The fourth-order valence-corrected chi connectivity index (χ4v) is 3.35. The van der Waals surface area contributed by atoms with Crippen molar-refractivity contribution in [2.75, 3.05) is 23.3 Å². The molecule has 2 aromatic carbocycles. The van der Waals surface area contributed by atoms with E-state index in [1.165, 1.54) is 0 Å². The molecule has 0 bridgehead atoms. The molecule has 1 aliphatic heterocycles. The first-order chi connectivity index (χ1) is 12.7. The highest BCUT2D eigenvalue weighted by Gasteiger charge is 2.32. The number of rotatable bonds is 5. The van der Waals surface area contributed by atoms with Gasteiger partial charge in [0.15, 0.2) is 0 Å². The Morgan fingerprint density at radius 2 is 1.73 bits per heavy atom. The van der Waals surface area contributed by atoms with Gasteiger partial charge in [-0.2, -0.15) is 0 Å². The van der Waals surface area contributed by atoms with Gasteiger partial charge in [-0.1, -0.05) is 42.5 Å². The van der Waals surface area contributed by atoms with Crippen LogP contribution in [0.5, 0.6) is 0 Å². The highest BCUT2D eigenvalue weighted by atomic mass is 16.2. The van der Waals surface area contributed by atoms with Crippen LogP contribution in [-0.2, 0) is 11.3 Å². The average molecular weight is 349 g/mol. The zero-order valence-corrected chi connectivity index (χ0v) is 14.7. The number of anilines is 2. The Balaban J connectivity index is 1.53. The van der Waals surface area contributed by atoms with E-state index in [1.54, 1.807) is 4.90 Å². The molecule has 1 N–H and O–H groups in total. The summed E-state index contributed by atoms with van der Waals surface area (Å²) in [6.07, 6.45) is 2.83. The Morgan fingerprint density at radius 1 is 1.00 bits per heavy atom. The Morgan fingerprint density at radius 3 is 2.50 bits per heavy atom. The minimum absolute atomic E-state index is 0.00627. The molecule has 0 atom stereocenters. The normalized spacial score (nSPS) is 17.3. The van der Waals surface area contributed by atoms with Crippen LogP contribution >= 0.6 is 0 Å². The third kappa shape index (κ3) is 3.57. The molecule has 4 rings (SSSR count). The molecule has 1 saturated heterocycles. The van der Waals surface area contributed by atoms with Crippen LogP contribution in [0.4, 0.5) is 16.2 Å². The van der Waals surface area contributed by atoms with E-state index in [4.69, 9.17) is 0 Å². The lowest BCUT2D eigenvalue weighted by Crippen LogP contribution is -2.49. The van der Waals surface area contributed by atoms with Crippen molar-refractivity contribution >= 4 is 23.3 Å². The van der Waals surface area contributed by atoms with Gasteiger partial charge < -0.3 is 10.2 Å². The van der Waals surface area contributed by atoms with E-state index in [9.17, 15) is 9.59 Å². The van der Waals surface area contributed by atoms with Crippen LogP contribution in [0.1, 0.15) is 24.8 Å². The van der Waals surface area contributed by atoms with Gasteiger partial charge in [0.1, 0.15) is 0 Å². The molecular formula is C21H23N3O2.